The van der Waals surface area contributed by atoms with Crippen LogP contribution in [-0.4, -0.2) is 29.6 Å². The van der Waals surface area contributed by atoms with Crippen LogP contribution in [0.1, 0.15) is 30.2 Å². The van der Waals surface area contributed by atoms with Crippen molar-refractivity contribution in [3.63, 3.8) is 0 Å². The lowest BCUT2D eigenvalue weighted by Crippen LogP contribution is -2.28. The molecular formula is C14H22N4S. The molecule has 5 heteroatoms. The SMILES string of the molecule is CCCN(CCCN)c1ncnc2sc(C)c(C)c12. The molecule has 2 heterocycles. The third-order valence-electron chi connectivity index (χ3n) is 3.37. The van der Waals surface area contributed by atoms with Gasteiger partial charge in [-0.3, -0.25) is 0 Å². The van der Waals surface area contributed by atoms with Crippen LogP contribution < -0.4 is 10.6 Å². The Morgan fingerprint density at radius 1 is 1.26 bits per heavy atom. The first kappa shape index (κ1) is 14.2. The molecular weight excluding hydrogens is 256 g/mol. The second kappa shape index (κ2) is 6.30. The molecule has 19 heavy (non-hydrogen) atoms. The van der Waals surface area contributed by atoms with E-state index in [0.717, 1.165) is 43.1 Å². The molecule has 0 atom stereocenters. The summed E-state index contributed by atoms with van der Waals surface area (Å²) in [6.07, 6.45) is 3.78. The fourth-order valence-electron chi connectivity index (χ4n) is 2.28. The summed E-state index contributed by atoms with van der Waals surface area (Å²) >= 11 is 1.75. The van der Waals surface area contributed by atoms with E-state index < -0.39 is 0 Å². The average molecular weight is 278 g/mol. The van der Waals surface area contributed by atoms with Crippen molar-refractivity contribution in [1.29, 1.82) is 0 Å². The summed E-state index contributed by atoms with van der Waals surface area (Å²) in [5.41, 5.74) is 6.95. The molecule has 0 aliphatic heterocycles. The second-order valence-electron chi connectivity index (χ2n) is 4.79. The van der Waals surface area contributed by atoms with Gasteiger partial charge in [-0.25, -0.2) is 9.97 Å². The van der Waals surface area contributed by atoms with Crippen molar-refractivity contribution < 1.29 is 0 Å². The first-order valence-corrected chi connectivity index (χ1v) is 7.66. The molecule has 0 aliphatic carbocycles. The molecule has 0 amide bonds. The first-order chi connectivity index (χ1) is 9.19. The number of aromatic nitrogens is 2. The van der Waals surface area contributed by atoms with E-state index in [4.69, 9.17) is 5.73 Å². The molecule has 0 saturated carbocycles. The zero-order valence-electron chi connectivity index (χ0n) is 11.9. The van der Waals surface area contributed by atoms with Gasteiger partial charge in [0.25, 0.3) is 0 Å². The van der Waals surface area contributed by atoms with Crippen LogP contribution in [-0.2, 0) is 0 Å². The van der Waals surface area contributed by atoms with Gasteiger partial charge in [0.2, 0.25) is 0 Å². The smallest absolute Gasteiger partial charge is 0.141 e. The molecule has 2 rings (SSSR count). The maximum absolute atomic E-state index is 5.64. The Morgan fingerprint density at radius 2 is 2.05 bits per heavy atom. The Balaban J connectivity index is 2.46. The van der Waals surface area contributed by atoms with Crippen LogP contribution in [0.25, 0.3) is 10.2 Å². The lowest BCUT2D eigenvalue weighted by molar-refractivity contribution is 0.713. The minimum absolute atomic E-state index is 0.718. The van der Waals surface area contributed by atoms with Crippen LogP contribution in [0.2, 0.25) is 0 Å². The molecule has 104 valence electrons. The van der Waals surface area contributed by atoms with Crippen molar-refractivity contribution in [2.45, 2.75) is 33.6 Å². The molecule has 0 bridgehead atoms. The van der Waals surface area contributed by atoms with Crippen LogP contribution in [0.5, 0.6) is 0 Å². The molecule has 0 radical (unpaired) electrons. The zero-order chi connectivity index (χ0) is 13.8. The van der Waals surface area contributed by atoms with Crippen LogP contribution >= 0.6 is 11.3 Å². The van der Waals surface area contributed by atoms with Gasteiger partial charge in [0, 0.05) is 18.0 Å². The van der Waals surface area contributed by atoms with Crippen LogP contribution in [0.4, 0.5) is 5.82 Å². The van der Waals surface area contributed by atoms with Crippen molar-refractivity contribution in [3.05, 3.63) is 16.8 Å². The Kier molecular flexibility index (Phi) is 4.71. The molecule has 4 nitrogen and oxygen atoms in total. The van der Waals surface area contributed by atoms with E-state index in [1.807, 2.05) is 0 Å². The van der Waals surface area contributed by atoms with Gasteiger partial charge in [-0.2, -0.15) is 0 Å². The number of thiophene rings is 1. The van der Waals surface area contributed by atoms with Crippen molar-refractivity contribution >= 4 is 27.4 Å². The van der Waals surface area contributed by atoms with Gasteiger partial charge >= 0.3 is 0 Å². The number of hydrogen-bond acceptors (Lipinski definition) is 5. The lowest BCUT2D eigenvalue weighted by Gasteiger charge is -2.23. The van der Waals surface area contributed by atoms with Gasteiger partial charge in [0.05, 0.1) is 5.39 Å². The normalized spacial score (nSPS) is 11.2. The third kappa shape index (κ3) is 2.87. The summed E-state index contributed by atoms with van der Waals surface area (Å²) in [4.78, 5) is 13.7. The molecule has 0 saturated heterocycles. The number of aryl methyl sites for hydroxylation is 2. The van der Waals surface area contributed by atoms with E-state index in [-0.39, 0.29) is 0 Å². The summed E-state index contributed by atoms with van der Waals surface area (Å²) in [7, 11) is 0. The molecule has 0 aromatic carbocycles. The molecule has 0 spiro atoms. The fourth-order valence-corrected chi connectivity index (χ4v) is 3.27. The average Bonchev–Trinajstić information content (AvgIpc) is 2.70. The fraction of sp³-hybridized carbons (Fsp3) is 0.571. The number of fused-ring (bicyclic) bond motifs is 1. The Labute approximate surface area is 118 Å². The summed E-state index contributed by atoms with van der Waals surface area (Å²) in [5, 5.41) is 1.22. The van der Waals surface area contributed by atoms with E-state index in [2.05, 4.69) is 35.6 Å². The summed E-state index contributed by atoms with van der Waals surface area (Å²) in [6, 6.07) is 0. The Morgan fingerprint density at radius 3 is 2.74 bits per heavy atom. The minimum atomic E-state index is 0.718. The minimum Gasteiger partial charge on any atom is -0.356 e. The highest BCUT2D eigenvalue weighted by Crippen LogP contribution is 2.34. The molecule has 0 unspecified atom stereocenters. The molecule has 2 N–H and O–H groups in total. The predicted molar refractivity (Wildman–Crippen MR) is 83.1 cm³/mol. The molecule has 2 aromatic rings. The van der Waals surface area contributed by atoms with Crippen molar-refractivity contribution in [3.8, 4) is 0 Å². The molecule has 0 aliphatic rings. The number of anilines is 1. The highest BCUT2D eigenvalue weighted by molar-refractivity contribution is 7.18. The van der Waals surface area contributed by atoms with Crippen molar-refractivity contribution in [1.82, 2.24) is 9.97 Å². The van der Waals surface area contributed by atoms with Crippen LogP contribution in [0.15, 0.2) is 6.33 Å². The quantitative estimate of drug-likeness (QED) is 0.882. The zero-order valence-corrected chi connectivity index (χ0v) is 12.8. The Bertz CT molecular complexity index is 550. The molecule has 0 fully saturated rings. The highest BCUT2D eigenvalue weighted by Gasteiger charge is 2.16. The maximum Gasteiger partial charge on any atom is 0.141 e. The van der Waals surface area contributed by atoms with Gasteiger partial charge in [-0.05, 0) is 38.8 Å². The van der Waals surface area contributed by atoms with E-state index in [9.17, 15) is 0 Å². The Hall–Kier alpha value is -1.20. The standard InChI is InChI=1S/C14H22N4S/c1-4-7-18(8-5-6-15)13-12-10(2)11(3)19-14(12)17-9-16-13/h9H,4-8,15H2,1-3H3. The van der Waals surface area contributed by atoms with Crippen LogP contribution in [0, 0.1) is 13.8 Å². The summed E-state index contributed by atoms with van der Waals surface area (Å²) < 4.78 is 0. The van der Waals surface area contributed by atoms with Crippen molar-refractivity contribution in [2.24, 2.45) is 5.73 Å². The van der Waals surface area contributed by atoms with Gasteiger partial charge in [0.1, 0.15) is 17.0 Å². The van der Waals surface area contributed by atoms with Crippen molar-refractivity contribution in [2.75, 3.05) is 24.5 Å². The van der Waals surface area contributed by atoms with Gasteiger partial charge in [0.15, 0.2) is 0 Å². The predicted octanol–water partition coefficient (Wildman–Crippen LogP) is 2.87. The largest absolute Gasteiger partial charge is 0.356 e. The van der Waals surface area contributed by atoms with E-state index >= 15 is 0 Å². The number of nitrogens with two attached hydrogens (primary N) is 1. The number of hydrogen-bond donors (Lipinski definition) is 1. The molecule has 2 aromatic heterocycles. The van der Waals surface area contributed by atoms with Gasteiger partial charge < -0.3 is 10.6 Å². The van der Waals surface area contributed by atoms with Crippen LogP contribution in [0.3, 0.4) is 0 Å². The lowest BCUT2D eigenvalue weighted by atomic mass is 10.2. The van der Waals surface area contributed by atoms with Gasteiger partial charge in [-0.15, -0.1) is 11.3 Å². The van der Waals surface area contributed by atoms with E-state index in [0.29, 0.717) is 0 Å². The summed E-state index contributed by atoms with van der Waals surface area (Å²) in [5.74, 6) is 1.07. The number of rotatable bonds is 6. The third-order valence-corrected chi connectivity index (χ3v) is 4.49. The first-order valence-electron chi connectivity index (χ1n) is 6.84. The summed E-state index contributed by atoms with van der Waals surface area (Å²) in [6.45, 7) is 9.20. The second-order valence-corrected chi connectivity index (χ2v) is 5.99. The maximum atomic E-state index is 5.64. The highest BCUT2D eigenvalue weighted by atomic mass is 32.1. The van der Waals surface area contributed by atoms with E-state index in [1.165, 1.54) is 15.8 Å². The van der Waals surface area contributed by atoms with Gasteiger partial charge in [-0.1, -0.05) is 6.92 Å². The van der Waals surface area contributed by atoms with E-state index in [1.54, 1.807) is 17.7 Å². The number of nitrogens with zero attached hydrogens (tertiary/aromatic N) is 3. The monoisotopic (exact) mass is 278 g/mol. The topological polar surface area (TPSA) is 55.0 Å².